The molecule has 3 fully saturated rings. The van der Waals surface area contributed by atoms with Crippen molar-refractivity contribution in [3.63, 3.8) is 0 Å². The molecule has 0 aromatic heterocycles. The van der Waals surface area contributed by atoms with Crippen molar-refractivity contribution in [3.8, 4) is 5.75 Å². The van der Waals surface area contributed by atoms with Gasteiger partial charge in [-0.05, 0) is 24.8 Å². The largest absolute Gasteiger partial charge is 0.505 e. The number of phenolic OH excluding ortho intramolecular Hbond substituents is 1. The van der Waals surface area contributed by atoms with E-state index >= 15 is 0 Å². The molecular weight excluding hydrogens is 479 g/mol. The quantitative estimate of drug-likeness (QED) is 0.449. The SMILES string of the molecule is COC(=O)N1C(=O)[C@H]2[C@H](CC=C3[C@H]2C[C@H]2C(=O)N(C(=O)OC)C(=O)[C@H]2[C@H]3c2cccc(F)c2O)C1=O. The number of likely N-dealkylation sites (tertiary alicyclic amines) is 2. The molecule has 1 aromatic rings. The van der Waals surface area contributed by atoms with Crippen molar-refractivity contribution in [2.75, 3.05) is 14.2 Å². The van der Waals surface area contributed by atoms with E-state index < -0.39 is 82.9 Å². The lowest BCUT2D eigenvalue weighted by Crippen LogP contribution is -2.43. The fourth-order valence-corrected chi connectivity index (χ4v) is 6.26. The van der Waals surface area contributed by atoms with E-state index in [4.69, 9.17) is 0 Å². The predicted molar refractivity (Wildman–Crippen MR) is 114 cm³/mol. The second-order valence-corrected chi connectivity index (χ2v) is 9.17. The average molecular weight is 500 g/mol. The van der Waals surface area contributed by atoms with Crippen LogP contribution in [0.25, 0.3) is 0 Å². The second kappa shape index (κ2) is 8.25. The second-order valence-electron chi connectivity index (χ2n) is 9.17. The number of benzene rings is 1. The standard InChI is InChI=1S/C24H21FN2O9/c1-35-23(33)26-19(29)11-7-6-9-12(16(11)21(26)31)8-13-17(22(32)27(20(13)30)24(34)36-2)15(9)10-4-3-5-14(25)18(10)28/h3-6,11-13,15-17,28H,7-8H2,1-2H3/t11-,12+,13+,15+,16-,17+/m0/s1. The zero-order valence-corrected chi connectivity index (χ0v) is 19.2. The van der Waals surface area contributed by atoms with Crippen LogP contribution in [0.5, 0.6) is 5.75 Å². The third-order valence-corrected chi connectivity index (χ3v) is 7.72. The Morgan fingerprint density at radius 2 is 1.47 bits per heavy atom. The molecule has 4 aliphatic rings. The van der Waals surface area contributed by atoms with Crippen LogP contribution in [0, 0.1) is 35.4 Å². The van der Waals surface area contributed by atoms with E-state index in [-0.39, 0.29) is 18.4 Å². The molecule has 12 heteroatoms. The third-order valence-electron chi connectivity index (χ3n) is 7.72. The summed E-state index contributed by atoms with van der Waals surface area (Å²) < 4.78 is 23.6. The fraction of sp³-hybridized carbons (Fsp3) is 0.417. The fourth-order valence-electron chi connectivity index (χ4n) is 6.26. The zero-order valence-electron chi connectivity index (χ0n) is 19.2. The number of rotatable bonds is 1. The first-order chi connectivity index (χ1) is 17.1. The molecule has 188 valence electrons. The van der Waals surface area contributed by atoms with Crippen LogP contribution in [-0.4, -0.2) is 64.9 Å². The number of carbonyl (C=O) groups excluding carboxylic acids is 6. The summed E-state index contributed by atoms with van der Waals surface area (Å²) in [7, 11) is 2.05. The summed E-state index contributed by atoms with van der Waals surface area (Å²) in [6, 6.07) is 3.76. The molecule has 6 amide bonds. The molecule has 1 aromatic carbocycles. The van der Waals surface area contributed by atoms with Gasteiger partial charge in [-0.1, -0.05) is 23.8 Å². The van der Waals surface area contributed by atoms with Crippen LogP contribution in [0.4, 0.5) is 14.0 Å². The van der Waals surface area contributed by atoms with E-state index in [0.717, 1.165) is 20.3 Å². The summed E-state index contributed by atoms with van der Waals surface area (Å²) in [6.07, 6.45) is -0.697. The maximum Gasteiger partial charge on any atom is 0.423 e. The van der Waals surface area contributed by atoms with Crippen molar-refractivity contribution in [2.24, 2.45) is 29.6 Å². The van der Waals surface area contributed by atoms with E-state index in [9.17, 15) is 38.3 Å². The molecule has 11 nitrogen and oxygen atoms in total. The van der Waals surface area contributed by atoms with Gasteiger partial charge in [-0.2, -0.15) is 9.80 Å². The van der Waals surface area contributed by atoms with Crippen molar-refractivity contribution in [2.45, 2.75) is 18.8 Å². The van der Waals surface area contributed by atoms with Crippen molar-refractivity contribution in [1.29, 1.82) is 0 Å². The van der Waals surface area contributed by atoms with Crippen molar-refractivity contribution in [1.82, 2.24) is 9.80 Å². The number of phenols is 1. The highest BCUT2D eigenvalue weighted by molar-refractivity contribution is 6.17. The highest BCUT2D eigenvalue weighted by atomic mass is 19.1. The maximum atomic E-state index is 14.4. The number of ether oxygens (including phenoxy) is 2. The molecule has 0 spiro atoms. The van der Waals surface area contributed by atoms with Gasteiger partial charge in [0.2, 0.25) is 23.6 Å². The first-order valence-electron chi connectivity index (χ1n) is 11.2. The summed E-state index contributed by atoms with van der Waals surface area (Å²) >= 11 is 0. The van der Waals surface area contributed by atoms with Gasteiger partial charge in [0.05, 0.1) is 37.9 Å². The number of halogens is 1. The number of fused-ring (bicyclic) bond motifs is 4. The Labute approximate surface area is 203 Å². The van der Waals surface area contributed by atoms with Gasteiger partial charge in [0, 0.05) is 11.5 Å². The van der Waals surface area contributed by atoms with E-state index in [1.807, 2.05) is 0 Å². The Morgan fingerprint density at radius 1 is 0.889 bits per heavy atom. The summed E-state index contributed by atoms with van der Waals surface area (Å²) in [5, 5.41) is 10.6. The number of hydrogen-bond acceptors (Lipinski definition) is 9. The molecule has 0 unspecified atom stereocenters. The van der Waals surface area contributed by atoms with Crippen LogP contribution in [0.3, 0.4) is 0 Å². The topological polar surface area (TPSA) is 148 Å². The van der Waals surface area contributed by atoms with E-state index in [1.165, 1.54) is 12.1 Å². The van der Waals surface area contributed by atoms with Crippen LogP contribution in [-0.2, 0) is 28.7 Å². The van der Waals surface area contributed by atoms with Crippen LogP contribution in [0.15, 0.2) is 29.8 Å². The summed E-state index contributed by atoms with van der Waals surface area (Å²) in [6.45, 7) is 0. The number of imide groups is 6. The zero-order chi connectivity index (χ0) is 26.0. The molecule has 36 heavy (non-hydrogen) atoms. The van der Waals surface area contributed by atoms with Gasteiger partial charge in [0.1, 0.15) is 0 Å². The molecule has 2 aliphatic carbocycles. The van der Waals surface area contributed by atoms with Crippen LogP contribution in [0.1, 0.15) is 24.3 Å². The predicted octanol–water partition coefficient (Wildman–Crippen LogP) is 1.70. The Morgan fingerprint density at radius 3 is 2.08 bits per heavy atom. The molecule has 1 N–H and O–H groups in total. The van der Waals surface area contributed by atoms with E-state index in [0.29, 0.717) is 15.4 Å². The number of nitrogens with zero attached hydrogens (tertiary/aromatic N) is 2. The Balaban J connectivity index is 1.66. The van der Waals surface area contributed by atoms with Gasteiger partial charge in [-0.3, -0.25) is 19.2 Å². The van der Waals surface area contributed by atoms with Gasteiger partial charge < -0.3 is 14.6 Å². The molecular formula is C24H21FN2O9. The minimum Gasteiger partial charge on any atom is -0.505 e. The number of allylic oxidation sites excluding steroid dienone is 2. The number of aromatic hydroxyl groups is 1. The van der Waals surface area contributed by atoms with Crippen LogP contribution >= 0.6 is 0 Å². The highest BCUT2D eigenvalue weighted by Gasteiger charge is 2.64. The van der Waals surface area contributed by atoms with E-state index in [2.05, 4.69) is 9.47 Å². The lowest BCUT2D eigenvalue weighted by molar-refractivity contribution is -0.139. The number of carbonyl (C=O) groups is 6. The van der Waals surface area contributed by atoms with Crippen molar-refractivity contribution < 1.29 is 47.7 Å². The molecule has 0 radical (unpaired) electrons. The van der Waals surface area contributed by atoms with E-state index in [1.54, 1.807) is 6.08 Å². The lowest BCUT2D eigenvalue weighted by Gasteiger charge is -2.44. The number of para-hydroxylation sites is 1. The summed E-state index contributed by atoms with van der Waals surface area (Å²) in [5.41, 5.74) is 0.466. The summed E-state index contributed by atoms with van der Waals surface area (Å²) in [4.78, 5) is 78.0. The number of methoxy groups -OCH3 is 2. The van der Waals surface area contributed by atoms with Gasteiger partial charge in [-0.25, -0.2) is 14.0 Å². The average Bonchev–Trinajstić information content (AvgIpc) is 3.27. The molecule has 6 atom stereocenters. The first-order valence-corrected chi connectivity index (χ1v) is 11.2. The normalized spacial score (nSPS) is 31.0. The van der Waals surface area contributed by atoms with Gasteiger partial charge in [-0.15, -0.1) is 0 Å². The minimum atomic E-state index is -1.18. The smallest absolute Gasteiger partial charge is 0.423 e. The maximum absolute atomic E-state index is 14.4. The van der Waals surface area contributed by atoms with Gasteiger partial charge in [0.15, 0.2) is 11.6 Å². The Bertz CT molecular complexity index is 1270. The van der Waals surface area contributed by atoms with Crippen LogP contribution < -0.4 is 0 Å². The van der Waals surface area contributed by atoms with Crippen molar-refractivity contribution in [3.05, 3.63) is 41.2 Å². The van der Waals surface area contributed by atoms with Crippen molar-refractivity contribution >= 4 is 35.8 Å². The Hall–Kier alpha value is -4.09. The number of amides is 6. The molecule has 5 rings (SSSR count). The first kappa shape index (κ1) is 23.6. The van der Waals surface area contributed by atoms with Gasteiger partial charge in [0.25, 0.3) is 0 Å². The summed E-state index contributed by atoms with van der Waals surface area (Å²) in [5.74, 6) is -11.0. The molecule has 1 saturated carbocycles. The Kier molecular flexibility index (Phi) is 5.42. The lowest BCUT2D eigenvalue weighted by atomic mass is 9.57. The molecule has 2 heterocycles. The van der Waals surface area contributed by atoms with Crippen LogP contribution in [0.2, 0.25) is 0 Å². The monoisotopic (exact) mass is 500 g/mol. The molecule has 0 bridgehead atoms. The molecule has 2 aliphatic heterocycles. The number of hydrogen-bond donors (Lipinski definition) is 1. The third kappa shape index (κ3) is 3.02. The van der Waals surface area contributed by atoms with Gasteiger partial charge >= 0.3 is 12.2 Å². The highest BCUT2D eigenvalue weighted by Crippen LogP contribution is 2.58. The molecule has 2 saturated heterocycles. The minimum absolute atomic E-state index is 0.00821.